The predicted molar refractivity (Wildman–Crippen MR) is 124 cm³/mol. The lowest BCUT2D eigenvalue weighted by Crippen LogP contribution is -2.17. The largest absolute Gasteiger partial charge is 0.513 e. The fourth-order valence-corrected chi connectivity index (χ4v) is 3.52. The molecule has 0 bridgehead atoms. The molecule has 0 heterocycles. The highest BCUT2D eigenvalue weighted by atomic mass is 32.2. The summed E-state index contributed by atoms with van der Waals surface area (Å²) in [6.45, 7) is 0. The minimum absolute atomic E-state index is 0.214. The monoisotopic (exact) mass is 450 g/mol. The Hall–Kier alpha value is -3.78. The standard InChI is InChI=1S/C24H22N2O5S/c1-29-22-14-18(10-13-21(22)31-24(28)30-2)15-25-26-23(27)19-11-8-17(9-12-19)16-32-20-6-4-3-5-7-20/h3-15H,16H2,1-2H3,(H,26,27). The van der Waals surface area contributed by atoms with Crippen LogP contribution < -0.4 is 14.9 Å². The van der Waals surface area contributed by atoms with Crippen LogP contribution in [0.2, 0.25) is 0 Å². The molecule has 0 aliphatic heterocycles. The van der Waals surface area contributed by atoms with Gasteiger partial charge in [0.1, 0.15) is 0 Å². The van der Waals surface area contributed by atoms with Crippen LogP contribution in [0.15, 0.2) is 82.8 Å². The Morgan fingerprint density at radius 3 is 2.41 bits per heavy atom. The summed E-state index contributed by atoms with van der Waals surface area (Å²) in [4.78, 5) is 24.8. The molecule has 0 atom stereocenters. The van der Waals surface area contributed by atoms with Crippen molar-refractivity contribution in [2.45, 2.75) is 10.6 Å². The van der Waals surface area contributed by atoms with Gasteiger partial charge < -0.3 is 14.2 Å². The number of ether oxygens (including phenoxy) is 3. The Morgan fingerprint density at radius 2 is 1.72 bits per heavy atom. The van der Waals surface area contributed by atoms with Gasteiger partial charge in [0, 0.05) is 16.2 Å². The van der Waals surface area contributed by atoms with Crippen LogP contribution in [0.4, 0.5) is 4.79 Å². The quantitative estimate of drug-likeness (QED) is 0.173. The number of rotatable bonds is 8. The third-order valence-corrected chi connectivity index (χ3v) is 5.38. The number of amides is 1. The normalized spacial score (nSPS) is 10.6. The van der Waals surface area contributed by atoms with Gasteiger partial charge in [0.25, 0.3) is 5.91 Å². The number of carbonyl (C=O) groups excluding carboxylic acids is 2. The summed E-state index contributed by atoms with van der Waals surface area (Å²) in [7, 11) is 2.67. The highest BCUT2D eigenvalue weighted by molar-refractivity contribution is 7.98. The Bertz CT molecular complexity index is 1090. The zero-order chi connectivity index (χ0) is 22.8. The third-order valence-electron chi connectivity index (χ3n) is 4.29. The van der Waals surface area contributed by atoms with E-state index in [9.17, 15) is 9.59 Å². The molecule has 0 unspecified atom stereocenters. The van der Waals surface area contributed by atoms with Crippen LogP contribution in [0.1, 0.15) is 21.5 Å². The van der Waals surface area contributed by atoms with Gasteiger partial charge in [-0.05, 0) is 53.6 Å². The lowest BCUT2D eigenvalue weighted by Gasteiger charge is -2.08. The maximum absolute atomic E-state index is 12.3. The van der Waals surface area contributed by atoms with Crippen molar-refractivity contribution in [3.63, 3.8) is 0 Å². The second-order valence-electron chi connectivity index (χ2n) is 6.46. The van der Waals surface area contributed by atoms with Crippen molar-refractivity contribution in [2.24, 2.45) is 5.10 Å². The van der Waals surface area contributed by atoms with Crippen molar-refractivity contribution < 1.29 is 23.8 Å². The molecule has 0 spiro atoms. The van der Waals surface area contributed by atoms with Crippen molar-refractivity contribution in [1.29, 1.82) is 0 Å². The minimum atomic E-state index is -0.846. The van der Waals surface area contributed by atoms with Gasteiger partial charge in [0.2, 0.25) is 0 Å². The van der Waals surface area contributed by atoms with Crippen molar-refractivity contribution in [1.82, 2.24) is 5.43 Å². The maximum Gasteiger partial charge on any atom is 0.513 e. The Balaban J connectivity index is 1.55. The first kappa shape index (κ1) is 22.9. The molecule has 164 valence electrons. The fraction of sp³-hybridized carbons (Fsp3) is 0.125. The molecular weight excluding hydrogens is 428 g/mol. The average Bonchev–Trinajstić information content (AvgIpc) is 2.84. The van der Waals surface area contributed by atoms with E-state index < -0.39 is 6.16 Å². The van der Waals surface area contributed by atoms with Crippen molar-refractivity contribution in [3.8, 4) is 11.5 Å². The molecule has 1 amide bonds. The summed E-state index contributed by atoms with van der Waals surface area (Å²) in [5.74, 6) is 1.04. The topological polar surface area (TPSA) is 86.2 Å². The van der Waals surface area contributed by atoms with E-state index in [4.69, 9.17) is 9.47 Å². The number of hydrogen-bond acceptors (Lipinski definition) is 7. The molecule has 0 aromatic heterocycles. The molecule has 7 nitrogen and oxygen atoms in total. The number of nitrogens with zero attached hydrogens (tertiary/aromatic N) is 1. The number of methoxy groups -OCH3 is 2. The van der Waals surface area contributed by atoms with Gasteiger partial charge in [0.05, 0.1) is 20.4 Å². The number of carbonyl (C=O) groups is 2. The Kier molecular flexibility index (Phi) is 8.28. The zero-order valence-corrected chi connectivity index (χ0v) is 18.4. The molecule has 3 aromatic rings. The molecule has 0 saturated carbocycles. The summed E-state index contributed by atoms with van der Waals surface area (Å²) < 4.78 is 14.7. The lowest BCUT2D eigenvalue weighted by atomic mass is 10.1. The molecule has 0 aliphatic carbocycles. The van der Waals surface area contributed by atoms with Gasteiger partial charge in [-0.1, -0.05) is 30.3 Å². The first-order valence-electron chi connectivity index (χ1n) is 9.63. The van der Waals surface area contributed by atoms with Crippen LogP contribution in [0, 0.1) is 0 Å². The number of hydrogen-bond donors (Lipinski definition) is 1. The van der Waals surface area contributed by atoms with Gasteiger partial charge in [-0.2, -0.15) is 5.10 Å². The van der Waals surface area contributed by atoms with E-state index >= 15 is 0 Å². The molecule has 8 heteroatoms. The second kappa shape index (κ2) is 11.6. The molecule has 32 heavy (non-hydrogen) atoms. The number of benzene rings is 3. The van der Waals surface area contributed by atoms with E-state index in [-0.39, 0.29) is 11.7 Å². The fourth-order valence-electron chi connectivity index (χ4n) is 2.65. The molecule has 1 N–H and O–H groups in total. The summed E-state index contributed by atoms with van der Waals surface area (Å²) >= 11 is 1.74. The maximum atomic E-state index is 12.3. The first-order valence-corrected chi connectivity index (χ1v) is 10.6. The average molecular weight is 451 g/mol. The SMILES string of the molecule is COC(=O)Oc1ccc(C=NNC(=O)c2ccc(CSc3ccccc3)cc2)cc1OC. The van der Waals surface area contributed by atoms with E-state index in [2.05, 4.69) is 27.4 Å². The van der Waals surface area contributed by atoms with Crippen molar-refractivity contribution >= 4 is 30.0 Å². The van der Waals surface area contributed by atoms with Gasteiger partial charge in [-0.3, -0.25) is 4.79 Å². The van der Waals surface area contributed by atoms with Gasteiger partial charge in [-0.15, -0.1) is 11.8 Å². The first-order chi connectivity index (χ1) is 15.6. The van der Waals surface area contributed by atoms with E-state index in [1.165, 1.54) is 25.3 Å². The number of hydrazone groups is 1. The van der Waals surface area contributed by atoms with Crippen LogP contribution in [-0.4, -0.2) is 32.5 Å². The van der Waals surface area contributed by atoms with Crippen LogP contribution in [0.25, 0.3) is 0 Å². The van der Waals surface area contributed by atoms with Gasteiger partial charge in [-0.25, -0.2) is 10.2 Å². The molecule has 0 fully saturated rings. The second-order valence-corrected chi connectivity index (χ2v) is 7.51. The summed E-state index contributed by atoms with van der Waals surface area (Å²) in [5.41, 5.74) is 4.78. The smallest absolute Gasteiger partial charge is 0.493 e. The Morgan fingerprint density at radius 1 is 0.969 bits per heavy atom. The highest BCUT2D eigenvalue weighted by Gasteiger charge is 2.10. The van der Waals surface area contributed by atoms with Crippen molar-refractivity contribution in [2.75, 3.05) is 14.2 Å². The molecular formula is C24H22N2O5S. The van der Waals surface area contributed by atoms with Gasteiger partial charge >= 0.3 is 6.16 Å². The predicted octanol–water partition coefficient (Wildman–Crippen LogP) is 4.90. The molecule has 3 aromatic carbocycles. The van der Waals surface area contributed by atoms with Crippen LogP contribution in [-0.2, 0) is 10.5 Å². The zero-order valence-electron chi connectivity index (χ0n) is 17.6. The van der Waals surface area contributed by atoms with E-state index in [0.717, 1.165) is 11.3 Å². The summed E-state index contributed by atoms with van der Waals surface area (Å²) in [6, 6.07) is 22.4. The molecule has 0 saturated heterocycles. The van der Waals surface area contributed by atoms with Crippen LogP contribution in [0.3, 0.4) is 0 Å². The van der Waals surface area contributed by atoms with Crippen molar-refractivity contribution in [3.05, 3.63) is 89.5 Å². The van der Waals surface area contributed by atoms with E-state index in [1.807, 2.05) is 30.3 Å². The molecule has 0 aliphatic rings. The van der Waals surface area contributed by atoms with E-state index in [1.54, 1.807) is 42.1 Å². The van der Waals surface area contributed by atoms with Crippen LogP contribution in [0.5, 0.6) is 11.5 Å². The number of thioether (sulfide) groups is 1. The summed E-state index contributed by atoms with van der Waals surface area (Å²) in [6.07, 6.45) is 0.620. The lowest BCUT2D eigenvalue weighted by molar-refractivity contribution is 0.0955. The number of nitrogens with one attached hydrogen (secondary N) is 1. The third kappa shape index (κ3) is 6.61. The molecule has 0 radical (unpaired) electrons. The highest BCUT2D eigenvalue weighted by Crippen LogP contribution is 2.28. The van der Waals surface area contributed by atoms with Gasteiger partial charge in [0.15, 0.2) is 11.5 Å². The molecule has 3 rings (SSSR count). The minimum Gasteiger partial charge on any atom is -0.493 e. The Labute approximate surface area is 190 Å². The van der Waals surface area contributed by atoms with E-state index in [0.29, 0.717) is 16.9 Å². The summed E-state index contributed by atoms with van der Waals surface area (Å²) in [5, 5.41) is 3.98. The van der Waals surface area contributed by atoms with Crippen LogP contribution >= 0.6 is 11.8 Å².